The second-order valence-electron chi connectivity index (χ2n) is 6.40. The number of rotatable bonds is 5. The number of fused-ring (bicyclic) bond motifs is 1. The summed E-state index contributed by atoms with van der Waals surface area (Å²) in [5.74, 6) is -0.332. The van der Waals surface area contributed by atoms with E-state index in [9.17, 15) is 9.59 Å². The standard InChI is InChI=1S/C20H24N2O3/c1-2-25-20(24)16-9-6-12-22(13-16)14-19(23)21-18-11-5-8-15-7-3-4-10-17(15)18/h3-5,7-8,10-11,16H,2,6,9,12-14H2,1H3,(H,21,23)/t16-/m1/s1. The smallest absolute Gasteiger partial charge is 0.310 e. The highest BCUT2D eigenvalue weighted by atomic mass is 16.5. The lowest BCUT2D eigenvalue weighted by Crippen LogP contribution is -2.43. The Hall–Kier alpha value is -2.40. The summed E-state index contributed by atoms with van der Waals surface area (Å²) in [5, 5.41) is 5.13. The van der Waals surface area contributed by atoms with Crippen LogP contribution >= 0.6 is 0 Å². The first-order chi connectivity index (χ1) is 12.2. The Morgan fingerprint density at radius 2 is 2.00 bits per heavy atom. The van der Waals surface area contributed by atoms with Crippen molar-refractivity contribution in [2.45, 2.75) is 19.8 Å². The van der Waals surface area contributed by atoms with Crippen LogP contribution in [0.2, 0.25) is 0 Å². The lowest BCUT2D eigenvalue weighted by Gasteiger charge is -2.30. The van der Waals surface area contributed by atoms with Crippen molar-refractivity contribution >= 4 is 28.3 Å². The van der Waals surface area contributed by atoms with Gasteiger partial charge in [0.15, 0.2) is 0 Å². The molecule has 1 N–H and O–H groups in total. The van der Waals surface area contributed by atoms with E-state index in [1.807, 2.05) is 54.3 Å². The molecule has 1 aliphatic rings. The molecule has 0 saturated carbocycles. The summed E-state index contributed by atoms with van der Waals surface area (Å²) in [6.45, 7) is 3.92. The molecule has 2 aromatic carbocycles. The zero-order valence-electron chi connectivity index (χ0n) is 14.5. The number of ether oxygens (including phenoxy) is 1. The largest absolute Gasteiger partial charge is 0.466 e. The van der Waals surface area contributed by atoms with E-state index in [0.29, 0.717) is 19.7 Å². The minimum absolute atomic E-state index is 0.0548. The summed E-state index contributed by atoms with van der Waals surface area (Å²) < 4.78 is 5.11. The van der Waals surface area contributed by atoms with Gasteiger partial charge in [-0.15, -0.1) is 0 Å². The summed E-state index contributed by atoms with van der Waals surface area (Å²) in [6.07, 6.45) is 1.74. The Bertz CT molecular complexity index is 754. The van der Waals surface area contributed by atoms with E-state index in [-0.39, 0.29) is 17.8 Å². The Kier molecular flexibility index (Phi) is 5.66. The van der Waals surface area contributed by atoms with E-state index in [0.717, 1.165) is 35.8 Å². The number of amides is 1. The van der Waals surface area contributed by atoms with Crippen molar-refractivity contribution in [3.63, 3.8) is 0 Å². The normalized spacial score (nSPS) is 18.0. The molecule has 0 unspecified atom stereocenters. The Morgan fingerprint density at radius 3 is 2.84 bits per heavy atom. The fourth-order valence-electron chi connectivity index (χ4n) is 3.38. The van der Waals surface area contributed by atoms with Crippen LogP contribution in [0.15, 0.2) is 42.5 Å². The van der Waals surface area contributed by atoms with Gasteiger partial charge in [-0.25, -0.2) is 0 Å². The SMILES string of the molecule is CCOC(=O)[C@@H]1CCCN(CC(=O)Nc2cccc3ccccc23)C1. The van der Waals surface area contributed by atoms with Crippen LogP contribution in [-0.2, 0) is 14.3 Å². The van der Waals surface area contributed by atoms with Gasteiger partial charge in [-0.2, -0.15) is 0 Å². The van der Waals surface area contributed by atoms with E-state index >= 15 is 0 Å². The topological polar surface area (TPSA) is 58.6 Å². The fourth-order valence-corrected chi connectivity index (χ4v) is 3.38. The van der Waals surface area contributed by atoms with Crippen LogP contribution in [0.1, 0.15) is 19.8 Å². The number of likely N-dealkylation sites (tertiary alicyclic amines) is 1. The third kappa shape index (κ3) is 4.37. The lowest BCUT2D eigenvalue weighted by molar-refractivity contribution is -0.150. The second kappa shape index (κ2) is 8.12. The summed E-state index contributed by atoms with van der Waals surface area (Å²) >= 11 is 0. The number of piperidine rings is 1. The molecule has 0 aliphatic carbocycles. The molecule has 1 fully saturated rings. The van der Waals surface area contributed by atoms with E-state index in [2.05, 4.69) is 5.32 Å². The molecule has 0 radical (unpaired) electrons. The van der Waals surface area contributed by atoms with Gasteiger partial charge in [0, 0.05) is 17.6 Å². The van der Waals surface area contributed by atoms with Gasteiger partial charge in [0.2, 0.25) is 5.91 Å². The second-order valence-corrected chi connectivity index (χ2v) is 6.40. The van der Waals surface area contributed by atoms with Gasteiger partial charge in [0.25, 0.3) is 0 Å². The lowest BCUT2D eigenvalue weighted by atomic mass is 9.98. The Labute approximate surface area is 148 Å². The first-order valence-electron chi connectivity index (χ1n) is 8.84. The summed E-state index contributed by atoms with van der Waals surface area (Å²) in [7, 11) is 0. The van der Waals surface area contributed by atoms with E-state index < -0.39 is 0 Å². The zero-order chi connectivity index (χ0) is 17.6. The highest BCUT2D eigenvalue weighted by molar-refractivity contribution is 6.02. The molecular formula is C20H24N2O3. The zero-order valence-corrected chi connectivity index (χ0v) is 14.5. The van der Waals surface area contributed by atoms with E-state index in [1.165, 1.54) is 0 Å². The number of nitrogens with zero attached hydrogens (tertiary/aromatic N) is 1. The van der Waals surface area contributed by atoms with Gasteiger partial charge in [0.05, 0.1) is 19.1 Å². The number of hydrogen-bond donors (Lipinski definition) is 1. The number of anilines is 1. The molecule has 0 bridgehead atoms. The number of benzene rings is 2. The third-order valence-corrected chi connectivity index (χ3v) is 4.56. The van der Waals surface area contributed by atoms with Gasteiger partial charge in [-0.3, -0.25) is 14.5 Å². The summed E-state index contributed by atoms with van der Waals surface area (Å²) in [4.78, 5) is 26.4. The molecule has 0 spiro atoms. The average Bonchev–Trinajstić information content (AvgIpc) is 2.62. The van der Waals surface area contributed by atoms with Crippen molar-refractivity contribution in [1.82, 2.24) is 4.90 Å². The molecule has 1 aliphatic heterocycles. The van der Waals surface area contributed by atoms with Crippen LogP contribution in [0.5, 0.6) is 0 Å². The van der Waals surface area contributed by atoms with Crippen molar-refractivity contribution in [2.24, 2.45) is 5.92 Å². The van der Waals surface area contributed by atoms with Gasteiger partial charge in [-0.05, 0) is 37.8 Å². The summed E-state index contributed by atoms with van der Waals surface area (Å²) in [6, 6.07) is 13.9. The van der Waals surface area contributed by atoms with Crippen LogP contribution in [0.4, 0.5) is 5.69 Å². The number of carbonyl (C=O) groups is 2. The van der Waals surface area contributed by atoms with Crippen molar-refractivity contribution in [3.8, 4) is 0 Å². The first kappa shape index (κ1) is 17.4. The molecule has 1 amide bonds. The van der Waals surface area contributed by atoms with Crippen LogP contribution in [0.3, 0.4) is 0 Å². The maximum Gasteiger partial charge on any atom is 0.310 e. The number of carbonyl (C=O) groups excluding carboxylic acids is 2. The van der Waals surface area contributed by atoms with E-state index in [4.69, 9.17) is 4.74 Å². The molecule has 5 heteroatoms. The van der Waals surface area contributed by atoms with Crippen molar-refractivity contribution in [3.05, 3.63) is 42.5 Å². The first-order valence-corrected chi connectivity index (χ1v) is 8.84. The minimum Gasteiger partial charge on any atom is -0.466 e. The van der Waals surface area contributed by atoms with Gasteiger partial charge in [0.1, 0.15) is 0 Å². The molecule has 25 heavy (non-hydrogen) atoms. The Morgan fingerprint density at radius 1 is 1.20 bits per heavy atom. The van der Waals surface area contributed by atoms with Crippen LogP contribution in [-0.4, -0.2) is 43.0 Å². The average molecular weight is 340 g/mol. The Balaban J connectivity index is 1.61. The quantitative estimate of drug-likeness (QED) is 0.850. The highest BCUT2D eigenvalue weighted by Gasteiger charge is 2.27. The van der Waals surface area contributed by atoms with Crippen LogP contribution in [0, 0.1) is 5.92 Å². The van der Waals surface area contributed by atoms with Crippen molar-refractivity contribution in [2.75, 3.05) is 31.6 Å². The van der Waals surface area contributed by atoms with Gasteiger partial charge >= 0.3 is 5.97 Å². The minimum atomic E-state index is -0.151. The molecule has 0 aromatic heterocycles. The maximum atomic E-state index is 12.5. The predicted octanol–water partition coefficient (Wildman–Crippen LogP) is 3.05. The maximum absolute atomic E-state index is 12.5. The van der Waals surface area contributed by atoms with Crippen molar-refractivity contribution in [1.29, 1.82) is 0 Å². The van der Waals surface area contributed by atoms with Crippen LogP contribution < -0.4 is 5.32 Å². The number of nitrogens with one attached hydrogen (secondary N) is 1. The van der Waals surface area contributed by atoms with Crippen molar-refractivity contribution < 1.29 is 14.3 Å². The molecule has 132 valence electrons. The third-order valence-electron chi connectivity index (χ3n) is 4.56. The molecule has 2 aromatic rings. The highest BCUT2D eigenvalue weighted by Crippen LogP contribution is 2.23. The molecule has 3 rings (SSSR count). The molecule has 1 atom stereocenters. The predicted molar refractivity (Wildman–Crippen MR) is 98.4 cm³/mol. The van der Waals surface area contributed by atoms with Gasteiger partial charge in [-0.1, -0.05) is 36.4 Å². The number of esters is 1. The van der Waals surface area contributed by atoms with E-state index in [1.54, 1.807) is 0 Å². The molecule has 1 saturated heterocycles. The molecule has 1 heterocycles. The fraction of sp³-hybridized carbons (Fsp3) is 0.400. The van der Waals surface area contributed by atoms with Gasteiger partial charge < -0.3 is 10.1 Å². The monoisotopic (exact) mass is 340 g/mol. The molecular weight excluding hydrogens is 316 g/mol. The number of hydrogen-bond acceptors (Lipinski definition) is 4. The van der Waals surface area contributed by atoms with Crippen LogP contribution in [0.25, 0.3) is 10.8 Å². The molecule has 5 nitrogen and oxygen atoms in total. The summed E-state index contributed by atoms with van der Waals surface area (Å²) in [5.41, 5.74) is 0.821.